The summed E-state index contributed by atoms with van der Waals surface area (Å²) in [7, 11) is 0. The van der Waals surface area contributed by atoms with Crippen LogP contribution >= 0.6 is 11.3 Å². The Morgan fingerprint density at radius 2 is 2.00 bits per heavy atom. The van der Waals surface area contributed by atoms with E-state index in [1.807, 2.05) is 6.92 Å². The number of nitrogens with zero attached hydrogens (tertiary/aromatic N) is 2. The number of carboxylic acid groups (broad SMARTS) is 1. The third kappa shape index (κ3) is 6.04. The van der Waals surface area contributed by atoms with Gasteiger partial charge in [-0.15, -0.1) is 11.3 Å². The first kappa shape index (κ1) is 22.7. The van der Waals surface area contributed by atoms with Crippen molar-refractivity contribution in [2.45, 2.75) is 38.8 Å². The minimum atomic E-state index is -4.52. The van der Waals surface area contributed by atoms with Gasteiger partial charge in [-0.25, -0.2) is 9.78 Å². The topological polar surface area (TPSA) is 72.3 Å². The van der Waals surface area contributed by atoms with Crippen LogP contribution in [0.2, 0.25) is 0 Å². The van der Waals surface area contributed by atoms with E-state index in [0.29, 0.717) is 28.2 Å². The summed E-state index contributed by atoms with van der Waals surface area (Å²) in [6.07, 6.45) is 0.997. The highest BCUT2D eigenvalue weighted by molar-refractivity contribution is 7.10. The summed E-state index contributed by atoms with van der Waals surface area (Å²) in [5.41, 5.74) is 0.774. The highest BCUT2D eigenvalue weighted by Gasteiger charge is 2.34. The standard InChI is InChI=1S/C22H21F3N2O3S/c1-2-3-4-7-30-19-6-5-14(8-17(19)22(23,24)25)9-20-27-18(13-31-20)15-10-16(21(28)29)12-26-11-15/h5-6,8,10-13H,2-4,7,9H2,1H3,(H,28,29). The molecule has 0 bridgehead atoms. The summed E-state index contributed by atoms with van der Waals surface area (Å²) in [4.78, 5) is 19.4. The molecule has 0 fully saturated rings. The molecule has 0 aliphatic heterocycles. The molecule has 0 saturated heterocycles. The lowest BCUT2D eigenvalue weighted by Gasteiger charge is -2.15. The minimum Gasteiger partial charge on any atom is -0.493 e. The predicted molar refractivity (Wildman–Crippen MR) is 112 cm³/mol. The number of aromatic carboxylic acids is 1. The van der Waals surface area contributed by atoms with Crippen molar-refractivity contribution < 1.29 is 27.8 Å². The summed E-state index contributed by atoms with van der Waals surface area (Å²) in [6, 6.07) is 5.53. The Balaban J connectivity index is 1.78. The summed E-state index contributed by atoms with van der Waals surface area (Å²) in [6.45, 7) is 2.26. The van der Waals surface area contributed by atoms with E-state index < -0.39 is 17.7 Å². The number of unbranched alkanes of at least 4 members (excludes halogenated alkanes) is 2. The Hall–Kier alpha value is -2.94. The van der Waals surface area contributed by atoms with Crippen molar-refractivity contribution in [1.29, 1.82) is 0 Å². The van der Waals surface area contributed by atoms with Crippen molar-refractivity contribution in [2.75, 3.05) is 6.61 Å². The molecule has 3 aromatic rings. The molecule has 2 heterocycles. The Labute approximate surface area is 181 Å². The van der Waals surface area contributed by atoms with Crippen LogP contribution < -0.4 is 4.74 Å². The van der Waals surface area contributed by atoms with E-state index in [4.69, 9.17) is 9.84 Å². The largest absolute Gasteiger partial charge is 0.493 e. The van der Waals surface area contributed by atoms with Crippen LogP contribution in [0.4, 0.5) is 13.2 Å². The molecule has 5 nitrogen and oxygen atoms in total. The van der Waals surface area contributed by atoms with Gasteiger partial charge in [0.1, 0.15) is 5.75 Å². The normalized spacial score (nSPS) is 11.5. The first-order chi connectivity index (χ1) is 14.8. The highest BCUT2D eigenvalue weighted by Crippen LogP contribution is 2.37. The molecule has 0 amide bonds. The van der Waals surface area contributed by atoms with Gasteiger partial charge in [0.05, 0.1) is 28.4 Å². The number of pyridine rings is 1. The fourth-order valence-corrected chi connectivity index (χ4v) is 3.80. The number of carbonyl (C=O) groups is 1. The third-order valence-electron chi connectivity index (χ3n) is 4.54. The molecule has 0 radical (unpaired) electrons. The number of carboxylic acids is 1. The number of hydrogen-bond acceptors (Lipinski definition) is 5. The van der Waals surface area contributed by atoms with Crippen LogP contribution in [0.1, 0.15) is 52.7 Å². The number of hydrogen-bond donors (Lipinski definition) is 1. The van der Waals surface area contributed by atoms with Gasteiger partial charge in [0.2, 0.25) is 0 Å². The van der Waals surface area contributed by atoms with Gasteiger partial charge in [-0.2, -0.15) is 13.2 Å². The van der Waals surface area contributed by atoms with Crippen LogP contribution in [0, 0.1) is 0 Å². The Morgan fingerprint density at radius 1 is 1.19 bits per heavy atom. The van der Waals surface area contributed by atoms with E-state index in [2.05, 4.69) is 9.97 Å². The summed E-state index contributed by atoms with van der Waals surface area (Å²) < 4.78 is 45.9. The summed E-state index contributed by atoms with van der Waals surface area (Å²) in [5.74, 6) is -1.26. The molecule has 0 spiro atoms. The van der Waals surface area contributed by atoms with Gasteiger partial charge in [0.15, 0.2) is 0 Å². The second-order valence-corrected chi connectivity index (χ2v) is 7.90. The zero-order valence-electron chi connectivity index (χ0n) is 16.8. The van der Waals surface area contributed by atoms with Gasteiger partial charge in [-0.3, -0.25) is 4.98 Å². The quantitative estimate of drug-likeness (QED) is 0.400. The molecule has 1 aromatic carbocycles. The molecule has 3 rings (SSSR count). The van der Waals surface area contributed by atoms with Crippen LogP contribution in [0.25, 0.3) is 11.3 Å². The molecule has 0 aliphatic carbocycles. The van der Waals surface area contributed by atoms with E-state index in [9.17, 15) is 18.0 Å². The lowest BCUT2D eigenvalue weighted by atomic mass is 10.1. The lowest BCUT2D eigenvalue weighted by Crippen LogP contribution is -2.10. The van der Waals surface area contributed by atoms with Gasteiger partial charge >= 0.3 is 12.1 Å². The first-order valence-electron chi connectivity index (χ1n) is 9.74. The fraction of sp³-hybridized carbons (Fsp3) is 0.318. The number of alkyl halides is 3. The second kappa shape index (κ2) is 9.91. The molecule has 0 atom stereocenters. The number of thiazole rings is 1. The van der Waals surface area contributed by atoms with Crippen LogP contribution in [0.3, 0.4) is 0 Å². The van der Waals surface area contributed by atoms with Crippen molar-refractivity contribution in [3.05, 3.63) is 63.7 Å². The number of halogens is 3. The Morgan fingerprint density at radius 3 is 2.71 bits per heavy atom. The molecular formula is C22H21F3N2O3S. The molecule has 0 aliphatic rings. The molecule has 2 aromatic heterocycles. The highest BCUT2D eigenvalue weighted by atomic mass is 32.1. The number of ether oxygens (including phenoxy) is 1. The smallest absolute Gasteiger partial charge is 0.419 e. The van der Waals surface area contributed by atoms with E-state index in [0.717, 1.165) is 18.9 Å². The minimum absolute atomic E-state index is 0.0383. The molecule has 164 valence electrons. The van der Waals surface area contributed by atoms with E-state index in [1.165, 1.54) is 35.9 Å². The third-order valence-corrected chi connectivity index (χ3v) is 5.39. The van der Waals surface area contributed by atoms with Gasteiger partial charge in [-0.05, 0) is 30.2 Å². The SMILES string of the molecule is CCCCCOc1ccc(Cc2nc(-c3cncc(C(=O)O)c3)cs2)cc1C(F)(F)F. The van der Waals surface area contributed by atoms with Crippen molar-refractivity contribution in [2.24, 2.45) is 0 Å². The lowest BCUT2D eigenvalue weighted by molar-refractivity contribution is -0.139. The van der Waals surface area contributed by atoms with E-state index >= 15 is 0 Å². The molecular weight excluding hydrogens is 429 g/mol. The van der Waals surface area contributed by atoms with Gasteiger partial charge in [0, 0.05) is 29.8 Å². The van der Waals surface area contributed by atoms with Crippen molar-refractivity contribution in [1.82, 2.24) is 9.97 Å². The molecule has 1 N–H and O–H groups in total. The fourth-order valence-electron chi connectivity index (χ4n) is 2.96. The maximum Gasteiger partial charge on any atom is 0.419 e. The monoisotopic (exact) mass is 450 g/mol. The van der Waals surface area contributed by atoms with E-state index in [1.54, 1.807) is 11.4 Å². The van der Waals surface area contributed by atoms with Crippen LogP contribution in [-0.2, 0) is 12.6 Å². The zero-order valence-corrected chi connectivity index (χ0v) is 17.6. The number of rotatable bonds is 9. The van der Waals surface area contributed by atoms with E-state index in [-0.39, 0.29) is 24.3 Å². The van der Waals surface area contributed by atoms with Crippen molar-refractivity contribution in [3.8, 4) is 17.0 Å². The molecule has 31 heavy (non-hydrogen) atoms. The second-order valence-electron chi connectivity index (χ2n) is 6.95. The summed E-state index contributed by atoms with van der Waals surface area (Å²) in [5, 5.41) is 11.4. The Kier molecular flexibility index (Phi) is 7.27. The molecule has 9 heteroatoms. The zero-order chi connectivity index (χ0) is 22.4. The van der Waals surface area contributed by atoms with Crippen LogP contribution in [0.15, 0.2) is 42.0 Å². The number of benzene rings is 1. The van der Waals surface area contributed by atoms with Crippen molar-refractivity contribution >= 4 is 17.3 Å². The maximum atomic E-state index is 13.5. The van der Waals surface area contributed by atoms with Crippen LogP contribution in [-0.4, -0.2) is 27.7 Å². The maximum absolute atomic E-state index is 13.5. The predicted octanol–water partition coefficient (Wildman–Crippen LogP) is 6.08. The first-order valence-corrected chi connectivity index (χ1v) is 10.6. The van der Waals surface area contributed by atoms with Gasteiger partial charge in [0.25, 0.3) is 0 Å². The average molecular weight is 450 g/mol. The van der Waals surface area contributed by atoms with Gasteiger partial charge in [-0.1, -0.05) is 25.8 Å². The van der Waals surface area contributed by atoms with Crippen LogP contribution in [0.5, 0.6) is 5.75 Å². The van der Waals surface area contributed by atoms with Crippen molar-refractivity contribution in [3.63, 3.8) is 0 Å². The summed E-state index contributed by atoms with van der Waals surface area (Å²) >= 11 is 1.29. The number of aromatic nitrogens is 2. The van der Waals surface area contributed by atoms with Gasteiger partial charge < -0.3 is 9.84 Å². The average Bonchev–Trinajstić information content (AvgIpc) is 3.20. The molecule has 0 saturated carbocycles. The Bertz CT molecular complexity index is 1050. The molecule has 0 unspecified atom stereocenters.